The number of benzene rings is 2. The topological polar surface area (TPSA) is 72.5 Å². The molecule has 186 valence electrons. The van der Waals surface area contributed by atoms with Crippen molar-refractivity contribution in [2.75, 3.05) is 36.4 Å². The molecule has 7 nitrogen and oxygen atoms in total. The molecule has 0 aliphatic carbocycles. The number of piperazine rings is 1. The van der Waals surface area contributed by atoms with E-state index in [1.54, 1.807) is 11.3 Å². The van der Waals surface area contributed by atoms with Crippen molar-refractivity contribution < 1.29 is 0 Å². The molecule has 0 saturated carbocycles. The highest BCUT2D eigenvalue weighted by atomic mass is 32.1. The summed E-state index contributed by atoms with van der Waals surface area (Å²) < 4.78 is 1.98. The van der Waals surface area contributed by atoms with E-state index < -0.39 is 0 Å². The summed E-state index contributed by atoms with van der Waals surface area (Å²) in [6, 6.07) is 18.8. The Bertz CT molecular complexity index is 1380. The van der Waals surface area contributed by atoms with Crippen molar-refractivity contribution in [3.8, 4) is 17.3 Å². The summed E-state index contributed by atoms with van der Waals surface area (Å²) >= 11 is 1.65. The maximum Gasteiger partial charge on any atom is 0.216 e. The number of aromatic nitrogens is 3. The molecule has 0 atom stereocenters. The van der Waals surface area contributed by atoms with Crippen LogP contribution in [0.1, 0.15) is 44.4 Å². The number of nitrogens with one attached hydrogen (secondary N) is 1. The van der Waals surface area contributed by atoms with Gasteiger partial charge in [0.2, 0.25) is 10.1 Å². The Hall–Kier alpha value is -3.41. The monoisotopic (exact) mass is 499 g/mol. The van der Waals surface area contributed by atoms with Crippen molar-refractivity contribution in [1.29, 1.82) is 5.26 Å². The van der Waals surface area contributed by atoms with Crippen molar-refractivity contribution in [1.82, 2.24) is 19.5 Å². The largest absolute Gasteiger partial charge is 0.364 e. The van der Waals surface area contributed by atoms with Crippen LogP contribution in [0.2, 0.25) is 0 Å². The number of aryl methyl sites for hydroxylation is 1. The van der Waals surface area contributed by atoms with Crippen LogP contribution in [0.25, 0.3) is 16.2 Å². The number of anilines is 2. The summed E-state index contributed by atoms with van der Waals surface area (Å²) in [5, 5.41) is 18.8. The highest BCUT2D eigenvalue weighted by Crippen LogP contribution is 2.35. The van der Waals surface area contributed by atoms with Crippen molar-refractivity contribution >= 4 is 27.2 Å². The summed E-state index contributed by atoms with van der Waals surface area (Å²) in [6.07, 6.45) is 1.02. The van der Waals surface area contributed by atoms with Crippen LogP contribution in [-0.4, -0.2) is 51.2 Å². The molecule has 1 fully saturated rings. The first-order valence-electron chi connectivity index (χ1n) is 12.6. The third-order valence-corrected chi connectivity index (χ3v) is 7.40. The van der Waals surface area contributed by atoms with E-state index >= 15 is 0 Å². The van der Waals surface area contributed by atoms with Crippen LogP contribution < -0.4 is 10.2 Å². The normalized spacial score (nSPS) is 14.8. The van der Waals surface area contributed by atoms with Gasteiger partial charge in [0.1, 0.15) is 5.69 Å². The average molecular weight is 500 g/mol. The minimum Gasteiger partial charge on any atom is -0.364 e. The van der Waals surface area contributed by atoms with Gasteiger partial charge in [-0.3, -0.25) is 4.90 Å². The molecule has 1 aliphatic rings. The molecule has 0 spiro atoms. The zero-order valence-corrected chi connectivity index (χ0v) is 22.3. The number of hydrogen-bond acceptors (Lipinski definition) is 7. The van der Waals surface area contributed by atoms with Crippen LogP contribution in [0.4, 0.5) is 10.9 Å². The molecule has 0 unspecified atom stereocenters. The van der Waals surface area contributed by atoms with Crippen LogP contribution >= 0.6 is 11.3 Å². The van der Waals surface area contributed by atoms with Gasteiger partial charge in [-0.05, 0) is 50.5 Å². The smallest absolute Gasteiger partial charge is 0.216 e. The van der Waals surface area contributed by atoms with Crippen molar-refractivity contribution in [3.63, 3.8) is 0 Å². The second-order valence-corrected chi connectivity index (χ2v) is 11.3. The summed E-state index contributed by atoms with van der Waals surface area (Å²) in [6.45, 7) is 13.3. The number of fused-ring (bicyclic) bond motifs is 1. The lowest BCUT2D eigenvalue weighted by Gasteiger charge is -2.34. The molecule has 4 aromatic rings. The van der Waals surface area contributed by atoms with E-state index in [1.165, 1.54) is 11.1 Å². The van der Waals surface area contributed by atoms with Crippen molar-refractivity contribution in [2.45, 2.75) is 46.2 Å². The Morgan fingerprint density at radius 3 is 2.44 bits per heavy atom. The SMILES string of the molecule is CCc1ccc(-c2nc3sc(N4CCN(Cc5cccc(C#N)c5)CC4)nn3c2NC(C)(C)C)cc1. The average Bonchev–Trinajstić information content (AvgIpc) is 3.43. The first-order valence-corrected chi connectivity index (χ1v) is 13.4. The molecule has 36 heavy (non-hydrogen) atoms. The second-order valence-electron chi connectivity index (χ2n) is 10.4. The summed E-state index contributed by atoms with van der Waals surface area (Å²) in [7, 11) is 0. The van der Waals surface area contributed by atoms with E-state index in [1.807, 2.05) is 22.7 Å². The lowest BCUT2D eigenvalue weighted by atomic mass is 10.1. The van der Waals surface area contributed by atoms with Crippen LogP contribution in [0, 0.1) is 11.3 Å². The standard InChI is InChI=1S/C28H33N7S/c1-5-20-9-11-23(12-10-20)24-25(31-28(2,3)4)35-26(30-24)36-27(32-35)34-15-13-33(14-16-34)19-22-8-6-7-21(17-22)18-29/h6-12,17,31H,5,13-16,19H2,1-4H3. The van der Waals surface area contributed by atoms with Gasteiger partial charge in [-0.25, -0.2) is 4.98 Å². The van der Waals surface area contributed by atoms with E-state index in [4.69, 9.17) is 15.3 Å². The minimum absolute atomic E-state index is 0.119. The Morgan fingerprint density at radius 1 is 1.03 bits per heavy atom. The fourth-order valence-corrected chi connectivity index (χ4v) is 5.48. The van der Waals surface area contributed by atoms with E-state index in [0.29, 0.717) is 0 Å². The van der Waals surface area contributed by atoms with E-state index in [0.717, 1.165) is 71.9 Å². The highest BCUT2D eigenvalue weighted by Gasteiger charge is 2.25. The highest BCUT2D eigenvalue weighted by molar-refractivity contribution is 7.20. The number of rotatable bonds is 6. The van der Waals surface area contributed by atoms with Crippen molar-refractivity contribution in [2.24, 2.45) is 0 Å². The maximum atomic E-state index is 9.17. The lowest BCUT2D eigenvalue weighted by molar-refractivity contribution is 0.249. The minimum atomic E-state index is -0.119. The molecule has 2 aromatic carbocycles. The molecule has 3 heterocycles. The summed E-state index contributed by atoms with van der Waals surface area (Å²) in [4.78, 5) is 10.7. The van der Waals surface area contributed by atoms with Gasteiger partial charge >= 0.3 is 0 Å². The quantitative estimate of drug-likeness (QED) is 0.382. The number of hydrogen-bond donors (Lipinski definition) is 1. The number of imidazole rings is 1. The van der Waals surface area contributed by atoms with Gasteiger partial charge in [0.15, 0.2) is 5.82 Å². The Morgan fingerprint density at radius 2 is 1.78 bits per heavy atom. The molecule has 0 bridgehead atoms. The zero-order chi connectivity index (χ0) is 25.3. The maximum absolute atomic E-state index is 9.17. The van der Waals surface area contributed by atoms with Crippen LogP contribution in [-0.2, 0) is 13.0 Å². The molecule has 8 heteroatoms. The molecule has 1 saturated heterocycles. The Labute approximate surface area is 217 Å². The summed E-state index contributed by atoms with van der Waals surface area (Å²) in [5.74, 6) is 0.945. The van der Waals surface area contributed by atoms with Gasteiger partial charge in [-0.1, -0.05) is 54.7 Å². The Kier molecular flexibility index (Phi) is 6.69. The first kappa shape index (κ1) is 24.3. The van der Waals surface area contributed by atoms with E-state index in [9.17, 15) is 0 Å². The Balaban J connectivity index is 1.35. The molecule has 0 amide bonds. The molecule has 1 aliphatic heterocycles. The number of nitrogens with zero attached hydrogens (tertiary/aromatic N) is 6. The van der Waals surface area contributed by atoms with Gasteiger partial charge < -0.3 is 10.2 Å². The number of nitriles is 1. The van der Waals surface area contributed by atoms with Gasteiger partial charge in [-0.2, -0.15) is 9.78 Å². The predicted octanol–water partition coefficient (Wildman–Crippen LogP) is 5.42. The fourth-order valence-electron chi connectivity index (χ4n) is 4.53. The van der Waals surface area contributed by atoms with Gasteiger partial charge in [0, 0.05) is 43.8 Å². The van der Waals surface area contributed by atoms with E-state index in [2.05, 4.69) is 79.2 Å². The molecular formula is C28H33N7S. The van der Waals surface area contributed by atoms with Crippen molar-refractivity contribution in [3.05, 3.63) is 65.2 Å². The van der Waals surface area contributed by atoms with Crippen LogP contribution in [0.15, 0.2) is 48.5 Å². The van der Waals surface area contributed by atoms with Crippen LogP contribution in [0.3, 0.4) is 0 Å². The lowest BCUT2D eigenvalue weighted by Crippen LogP contribution is -2.46. The molecule has 0 radical (unpaired) electrons. The molecular weight excluding hydrogens is 466 g/mol. The predicted molar refractivity (Wildman–Crippen MR) is 148 cm³/mol. The van der Waals surface area contributed by atoms with Gasteiger partial charge in [0.25, 0.3) is 0 Å². The summed E-state index contributed by atoms with van der Waals surface area (Å²) in [5.41, 5.74) is 5.16. The molecule has 5 rings (SSSR count). The fraction of sp³-hybridized carbons (Fsp3) is 0.393. The van der Waals surface area contributed by atoms with Crippen LogP contribution in [0.5, 0.6) is 0 Å². The third kappa shape index (κ3) is 5.23. The van der Waals surface area contributed by atoms with Gasteiger partial charge in [0.05, 0.1) is 11.6 Å². The molecule has 1 N–H and O–H groups in total. The zero-order valence-electron chi connectivity index (χ0n) is 21.5. The third-order valence-electron chi connectivity index (χ3n) is 6.43. The molecule has 2 aromatic heterocycles. The van der Waals surface area contributed by atoms with E-state index in [-0.39, 0.29) is 5.54 Å². The first-order chi connectivity index (χ1) is 17.3. The second kappa shape index (κ2) is 9.92. The van der Waals surface area contributed by atoms with Gasteiger partial charge in [-0.15, -0.1) is 5.10 Å².